The van der Waals surface area contributed by atoms with E-state index in [9.17, 15) is 4.79 Å². The Kier molecular flexibility index (Phi) is 4.70. The fourth-order valence-corrected chi connectivity index (χ4v) is 3.82. The van der Waals surface area contributed by atoms with Gasteiger partial charge >= 0.3 is 5.97 Å². The minimum atomic E-state index is -0.443. The van der Waals surface area contributed by atoms with E-state index in [2.05, 4.69) is 20.3 Å². The van der Waals surface area contributed by atoms with Gasteiger partial charge in [-0.3, -0.25) is 9.55 Å². The third-order valence-corrected chi connectivity index (χ3v) is 5.28. The lowest BCUT2D eigenvalue weighted by Crippen LogP contribution is -2.11. The molecule has 9 heteroatoms. The zero-order chi connectivity index (χ0) is 21.4. The Morgan fingerprint density at radius 2 is 2.10 bits per heavy atom. The van der Waals surface area contributed by atoms with Crippen molar-refractivity contribution in [2.75, 3.05) is 13.7 Å². The van der Waals surface area contributed by atoms with Crippen LogP contribution < -0.4 is 4.74 Å². The molecule has 0 unspecified atom stereocenters. The van der Waals surface area contributed by atoms with Crippen molar-refractivity contribution < 1.29 is 14.3 Å². The SMILES string of the molecule is CCOC(=O)c1ncn2c1Cc1c(Cc3cccnc3)nnn1-c1cc(OC)ccc1-2. The lowest BCUT2D eigenvalue weighted by Gasteiger charge is -2.11. The van der Waals surface area contributed by atoms with Gasteiger partial charge < -0.3 is 9.47 Å². The number of imidazole rings is 1. The van der Waals surface area contributed by atoms with Crippen LogP contribution in [0.1, 0.15) is 40.1 Å². The van der Waals surface area contributed by atoms with E-state index in [-0.39, 0.29) is 6.61 Å². The van der Waals surface area contributed by atoms with Gasteiger partial charge in [-0.15, -0.1) is 5.10 Å². The topological polar surface area (TPSA) is 97.0 Å². The van der Waals surface area contributed by atoms with Crippen LogP contribution >= 0.6 is 0 Å². The van der Waals surface area contributed by atoms with E-state index in [4.69, 9.17) is 9.47 Å². The fraction of sp³-hybridized carbons (Fsp3) is 0.227. The third kappa shape index (κ3) is 3.24. The first-order chi connectivity index (χ1) is 15.2. The zero-order valence-electron chi connectivity index (χ0n) is 17.1. The number of rotatable bonds is 5. The molecule has 4 heterocycles. The second kappa shape index (κ2) is 7.67. The highest BCUT2D eigenvalue weighted by atomic mass is 16.5. The second-order valence-electron chi connectivity index (χ2n) is 7.09. The minimum Gasteiger partial charge on any atom is -0.497 e. The van der Waals surface area contributed by atoms with Gasteiger partial charge in [-0.2, -0.15) is 0 Å². The molecule has 0 saturated heterocycles. The summed E-state index contributed by atoms with van der Waals surface area (Å²) in [6.45, 7) is 2.06. The highest BCUT2D eigenvalue weighted by Gasteiger charge is 2.29. The largest absolute Gasteiger partial charge is 0.497 e. The number of nitrogens with zero attached hydrogens (tertiary/aromatic N) is 6. The van der Waals surface area contributed by atoms with Crippen LogP contribution in [0, 0.1) is 0 Å². The Balaban J connectivity index is 1.70. The lowest BCUT2D eigenvalue weighted by atomic mass is 10.1. The maximum absolute atomic E-state index is 12.6. The van der Waals surface area contributed by atoms with Crippen LogP contribution in [-0.2, 0) is 17.6 Å². The lowest BCUT2D eigenvalue weighted by molar-refractivity contribution is 0.0519. The van der Waals surface area contributed by atoms with Crippen molar-refractivity contribution in [3.63, 3.8) is 0 Å². The van der Waals surface area contributed by atoms with Crippen molar-refractivity contribution >= 4 is 5.97 Å². The zero-order valence-corrected chi connectivity index (χ0v) is 17.1. The quantitative estimate of drug-likeness (QED) is 0.406. The number of carbonyl (C=O) groups is 1. The fourth-order valence-electron chi connectivity index (χ4n) is 3.82. The van der Waals surface area contributed by atoms with E-state index in [1.165, 1.54) is 0 Å². The van der Waals surface area contributed by atoms with Crippen molar-refractivity contribution in [2.24, 2.45) is 0 Å². The molecule has 0 saturated carbocycles. The summed E-state index contributed by atoms with van der Waals surface area (Å²) in [5.74, 6) is 0.254. The monoisotopic (exact) mass is 416 g/mol. The molecule has 0 radical (unpaired) electrons. The third-order valence-electron chi connectivity index (χ3n) is 5.28. The molecule has 3 aromatic heterocycles. The Morgan fingerprint density at radius 1 is 1.19 bits per heavy atom. The number of hydrogen-bond acceptors (Lipinski definition) is 7. The smallest absolute Gasteiger partial charge is 0.358 e. The van der Waals surface area contributed by atoms with Gasteiger partial charge in [-0.1, -0.05) is 11.3 Å². The average molecular weight is 416 g/mol. The van der Waals surface area contributed by atoms with E-state index >= 15 is 0 Å². The molecule has 31 heavy (non-hydrogen) atoms. The Morgan fingerprint density at radius 3 is 2.87 bits per heavy atom. The Hall–Kier alpha value is -4.01. The van der Waals surface area contributed by atoms with Crippen LogP contribution in [0.15, 0.2) is 49.1 Å². The molecule has 0 bridgehead atoms. The summed E-state index contributed by atoms with van der Waals surface area (Å²) in [4.78, 5) is 21.1. The summed E-state index contributed by atoms with van der Waals surface area (Å²) in [6.07, 6.45) is 6.20. The second-order valence-corrected chi connectivity index (χ2v) is 7.09. The molecule has 4 aromatic rings. The van der Waals surface area contributed by atoms with E-state index in [0.29, 0.717) is 24.3 Å². The van der Waals surface area contributed by atoms with Crippen molar-refractivity contribution in [1.82, 2.24) is 29.5 Å². The van der Waals surface area contributed by atoms with Gasteiger partial charge in [-0.25, -0.2) is 14.5 Å². The number of aromatic nitrogens is 6. The number of benzene rings is 1. The molecule has 9 nitrogen and oxygen atoms in total. The van der Waals surface area contributed by atoms with E-state index in [1.807, 2.05) is 45.8 Å². The first kappa shape index (κ1) is 19.0. The molecular weight excluding hydrogens is 396 g/mol. The van der Waals surface area contributed by atoms with Crippen molar-refractivity contribution in [1.29, 1.82) is 0 Å². The number of esters is 1. The van der Waals surface area contributed by atoms with Crippen molar-refractivity contribution in [3.05, 3.63) is 77.4 Å². The van der Waals surface area contributed by atoms with Crippen LogP contribution in [0.3, 0.4) is 0 Å². The van der Waals surface area contributed by atoms with E-state index in [0.717, 1.165) is 34.0 Å². The number of hydrogen-bond donors (Lipinski definition) is 0. The van der Waals surface area contributed by atoms with E-state index < -0.39 is 5.97 Å². The van der Waals surface area contributed by atoms with Crippen LogP contribution in [0.25, 0.3) is 11.4 Å². The molecule has 156 valence electrons. The predicted molar refractivity (Wildman–Crippen MR) is 111 cm³/mol. The summed E-state index contributed by atoms with van der Waals surface area (Å²) in [7, 11) is 1.62. The average Bonchev–Trinajstić information content (AvgIpc) is 3.36. The molecular formula is C22H20N6O3. The van der Waals surface area contributed by atoms with Gasteiger partial charge in [0.05, 0.1) is 42.2 Å². The number of ether oxygens (including phenoxy) is 2. The van der Waals surface area contributed by atoms with Crippen LogP contribution in [-0.4, -0.2) is 49.2 Å². The van der Waals surface area contributed by atoms with Gasteiger partial charge in [-0.05, 0) is 30.7 Å². The Labute approximate surface area is 178 Å². The van der Waals surface area contributed by atoms with Crippen molar-refractivity contribution in [2.45, 2.75) is 19.8 Å². The summed E-state index contributed by atoms with van der Waals surface area (Å²) in [5.41, 5.74) is 5.37. The first-order valence-corrected chi connectivity index (χ1v) is 9.94. The maximum Gasteiger partial charge on any atom is 0.358 e. The van der Waals surface area contributed by atoms with Gasteiger partial charge in [0.15, 0.2) is 5.69 Å². The molecule has 0 aliphatic carbocycles. The molecule has 1 aromatic carbocycles. The predicted octanol–water partition coefficient (Wildman–Crippen LogP) is 2.53. The number of methoxy groups -OCH3 is 1. The van der Waals surface area contributed by atoms with Crippen LogP contribution in [0.5, 0.6) is 5.75 Å². The maximum atomic E-state index is 12.6. The number of pyridine rings is 1. The Bertz CT molecular complexity index is 1260. The first-order valence-electron chi connectivity index (χ1n) is 9.94. The molecule has 1 aliphatic rings. The summed E-state index contributed by atoms with van der Waals surface area (Å²) in [6, 6.07) is 9.59. The molecule has 0 fully saturated rings. The highest BCUT2D eigenvalue weighted by molar-refractivity contribution is 5.89. The molecule has 0 N–H and O–H groups in total. The molecule has 0 amide bonds. The summed E-state index contributed by atoms with van der Waals surface area (Å²) in [5, 5.41) is 8.90. The molecule has 0 atom stereocenters. The summed E-state index contributed by atoms with van der Waals surface area (Å²) >= 11 is 0. The van der Waals surface area contributed by atoms with Gasteiger partial charge in [0.25, 0.3) is 0 Å². The van der Waals surface area contributed by atoms with Gasteiger partial charge in [0.1, 0.15) is 12.1 Å². The van der Waals surface area contributed by atoms with E-state index in [1.54, 1.807) is 26.6 Å². The highest BCUT2D eigenvalue weighted by Crippen LogP contribution is 2.33. The number of fused-ring (bicyclic) bond motifs is 5. The van der Waals surface area contributed by atoms with Crippen molar-refractivity contribution in [3.8, 4) is 17.1 Å². The van der Waals surface area contributed by atoms with Crippen LogP contribution in [0.2, 0.25) is 0 Å². The van der Waals surface area contributed by atoms with Gasteiger partial charge in [0, 0.05) is 31.3 Å². The standard InChI is InChI=1S/C22H20N6O3/c1-3-31-22(29)21-20-11-18-16(9-14-5-4-8-23-12-14)25-26-28(18)19-10-15(30-2)6-7-17(19)27(20)13-24-21/h4-8,10,12-13H,3,9,11H2,1-2H3. The van der Waals surface area contributed by atoms with Gasteiger partial charge in [0.2, 0.25) is 0 Å². The molecule has 1 aliphatic heterocycles. The van der Waals surface area contributed by atoms with Crippen LogP contribution in [0.4, 0.5) is 0 Å². The number of carbonyl (C=O) groups excluding carboxylic acids is 1. The molecule has 5 rings (SSSR count). The normalized spacial score (nSPS) is 11.8. The molecule has 0 spiro atoms. The summed E-state index contributed by atoms with van der Waals surface area (Å²) < 4.78 is 14.4. The minimum absolute atomic E-state index is 0.282.